The number of nitrogens with zero attached hydrogens (tertiary/aromatic N) is 1. The molecule has 3 aromatic carbocycles. The Labute approximate surface area is 171 Å². The SMILES string of the molecule is Cc1ccc(CNC(=O)c2ccc(C(=O)Nc3ccc(N(C)C)cc3)cc2)cc1. The van der Waals surface area contributed by atoms with Crippen LogP contribution in [-0.4, -0.2) is 25.9 Å². The van der Waals surface area contributed by atoms with Crippen LogP contribution in [0.25, 0.3) is 0 Å². The van der Waals surface area contributed by atoms with Crippen molar-refractivity contribution in [1.82, 2.24) is 5.32 Å². The van der Waals surface area contributed by atoms with Crippen molar-refractivity contribution in [3.05, 3.63) is 95.1 Å². The first-order chi connectivity index (χ1) is 13.9. The van der Waals surface area contributed by atoms with E-state index in [2.05, 4.69) is 10.6 Å². The van der Waals surface area contributed by atoms with Gasteiger partial charge >= 0.3 is 0 Å². The van der Waals surface area contributed by atoms with Crippen molar-refractivity contribution in [2.75, 3.05) is 24.3 Å². The maximum Gasteiger partial charge on any atom is 0.255 e. The van der Waals surface area contributed by atoms with E-state index in [1.165, 1.54) is 5.56 Å². The van der Waals surface area contributed by atoms with E-state index in [9.17, 15) is 9.59 Å². The summed E-state index contributed by atoms with van der Waals surface area (Å²) in [4.78, 5) is 26.8. The summed E-state index contributed by atoms with van der Waals surface area (Å²) in [6, 6.07) is 22.3. The summed E-state index contributed by atoms with van der Waals surface area (Å²) in [6.45, 7) is 2.49. The molecule has 2 N–H and O–H groups in total. The Morgan fingerprint density at radius 3 is 1.86 bits per heavy atom. The van der Waals surface area contributed by atoms with Gasteiger partial charge in [0, 0.05) is 43.1 Å². The molecule has 3 rings (SSSR count). The maximum absolute atomic E-state index is 12.4. The lowest BCUT2D eigenvalue weighted by atomic mass is 10.1. The second-order valence-electron chi connectivity index (χ2n) is 7.14. The molecule has 5 nitrogen and oxygen atoms in total. The summed E-state index contributed by atoms with van der Waals surface area (Å²) in [6.07, 6.45) is 0. The lowest BCUT2D eigenvalue weighted by Gasteiger charge is -2.13. The fourth-order valence-electron chi connectivity index (χ4n) is 2.81. The van der Waals surface area contributed by atoms with E-state index in [1.807, 2.05) is 74.4 Å². The summed E-state index contributed by atoms with van der Waals surface area (Å²) in [5.41, 5.74) is 5.02. The number of nitrogens with one attached hydrogen (secondary N) is 2. The minimum Gasteiger partial charge on any atom is -0.378 e. The summed E-state index contributed by atoms with van der Waals surface area (Å²) in [5, 5.41) is 5.76. The van der Waals surface area contributed by atoms with Crippen LogP contribution >= 0.6 is 0 Å². The highest BCUT2D eigenvalue weighted by Crippen LogP contribution is 2.16. The zero-order chi connectivity index (χ0) is 20.8. The average Bonchev–Trinajstić information content (AvgIpc) is 2.73. The van der Waals surface area contributed by atoms with Gasteiger partial charge in [0.2, 0.25) is 0 Å². The number of carbonyl (C=O) groups is 2. The van der Waals surface area contributed by atoms with Gasteiger partial charge in [-0.15, -0.1) is 0 Å². The van der Waals surface area contributed by atoms with Crippen LogP contribution < -0.4 is 15.5 Å². The largest absolute Gasteiger partial charge is 0.378 e. The normalized spacial score (nSPS) is 10.3. The molecule has 0 spiro atoms. The number of aryl methyl sites for hydroxylation is 1. The zero-order valence-electron chi connectivity index (χ0n) is 16.9. The van der Waals surface area contributed by atoms with Crippen molar-refractivity contribution in [1.29, 1.82) is 0 Å². The van der Waals surface area contributed by atoms with Crippen molar-refractivity contribution in [2.45, 2.75) is 13.5 Å². The number of amides is 2. The fraction of sp³-hybridized carbons (Fsp3) is 0.167. The second-order valence-corrected chi connectivity index (χ2v) is 7.14. The van der Waals surface area contributed by atoms with E-state index >= 15 is 0 Å². The van der Waals surface area contributed by atoms with Crippen molar-refractivity contribution in [2.24, 2.45) is 0 Å². The van der Waals surface area contributed by atoms with Crippen LogP contribution in [0.15, 0.2) is 72.8 Å². The Balaban J connectivity index is 1.57. The minimum absolute atomic E-state index is 0.170. The summed E-state index contributed by atoms with van der Waals surface area (Å²) in [5.74, 6) is -0.383. The minimum atomic E-state index is -0.214. The van der Waals surface area contributed by atoms with Gasteiger partial charge in [-0.05, 0) is 61.0 Å². The summed E-state index contributed by atoms with van der Waals surface area (Å²) in [7, 11) is 3.93. The van der Waals surface area contributed by atoms with Gasteiger partial charge in [-0.3, -0.25) is 9.59 Å². The van der Waals surface area contributed by atoms with E-state index in [4.69, 9.17) is 0 Å². The predicted octanol–water partition coefficient (Wildman–Crippen LogP) is 4.24. The number of hydrogen-bond acceptors (Lipinski definition) is 3. The number of carbonyl (C=O) groups excluding carboxylic acids is 2. The van der Waals surface area contributed by atoms with E-state index < -0.39 is 0 Å². The Hall–Kier alpha value is -3.60. The van der Waals surface area contributed by atoms with Crippen LogP contribution in [0.5, 0.6) is 0 Å². The Morgan fingerprint density at radius 1 is 0.759 bits per heavy atom. The highest BCUT2D eigenvalue weighted by Gasteiger charge is 2.09. The first kappa shape index (κ1) is 20.1. The molecule has 0 saturated heterocycles. The third-order valence-corrected chi connectivity index (χ3v) is 4.62. The molecule has 0 bridgehead atoms. The average molecular weight is 387 g/mol. The summed E-state index contributed by atoms with van der Waals surface area (Å²) < 4.78 is 0. The van der Waals surface area contributed by atoms with Gasteiger partial charge in [0.1, 0.15) is 0 Å². The molecule has 2 amide bonds. The molecule has 0 fully saturated rings. The Morgan fingerprint density at radius 2 is 1.31 bits per heavy atom. The summed E-state index contributed by atoms with van der Waals surface area (Å²) >= 11 is 0. The fourth-order valence-corrected chi connectivity index (χ4v) is 2.81. The molecule has 0 heterocycles. The van der Waals surface area contributed by atoms with Crippen LogP contribution in [0.2, 0.25) is 0 Å². The van der Waals surface area contributed by atoms with Crippen molar-refractivity contribution < 1.29 is 9.59 Å². The lowest BCUT2D eigenvalue weighted by Crippen LogP contribution is -2.23. The zero-order valence-corrected chi connectivity index (χ0v) is 16.9. The van der Waals surface area contributed by atoms with Gasteiger partial charge < -0.3 is 15.5 Å². The van der Waals surface area contributed by atoms with Gasteiger partial charge in [0.05, 0.1) is 0 Å². The van der Waals surface area contributed by atoms with Gasteiger partial charge in [-0.2, -0.15) is 0 Å². The lowest BCUT2D eigenvalue weighted by molar-refractivity contribution is 0.0949. The molecule has 0 aliphatic rings. The number of benzene rings is 3. The van der Waals surface area contributed by atoms with E-state index in [-0.39, 0.29) is 11.8 Å². The third-order valence-electron chi connectivity index (χ3n) is 4.62. The standard InChI is InChI=1S/C24H25N3O2/c1-17-4-6-18(7-5-17)16-25-23(28)19-8-10-20(11-9-19)24(29)26-21-12-14-22(15-13-21)27(2)3/h4-15H,16H2,1-3H3,(H,25,28)(H,26,29). The van der Waals surface area contributed by atoms with E-state index in [0.717, 1.165) is 16.9 Å². The maximum atomic E-state index is 12.4. The molecule has 148 valence electrons. The number of anilines is 2. The topological polar surface area (TPSA) is 61.4 Å². The predicted molar refractivity (Wildman–Crippen MR) is 118 cm³/mol. The van der Waals surface area contributed by atoms with Gasteiger partial charge in [0.25, 0.3) is 11.8 Å². The van der Waals surface area contributed by atoms with Gasteiger partial charge in [-0.1, -0.05) is 29.8 Å². The van der Waals surface area contributed by atoms with Crippen LogP contribution in [-0.2, 0) is 6.54 Å². The third kappa shape index (κ3) is 5.45. The van der Waals surface area contributed by atoms with Crippen molar-refractivity contribution in [3.63, 3.8) is 0 Å². The molecule has 0 aliphatic heterocycles. The Kier molecular flexibility index (Phi) is 6.29. The van der Waals surface area contributed by atoms with Gasteiger partial charge in [-0.25, -0.2) is 0 Å². The first-order valence-electron chi connectivity index (χ1n) is 9.45. The van der Waals surface area contributed by atoms with Gasteiger partial charge in [0.15, 0.2) is 0 Å². The second kappa shape index (κ2) is 9.06. The molecule has 0 radical (unpaired) electrons. The highest BCUT2D eigenvalue weighted by atomic mass is 16.2. The van der Waals surface area contributed by atoms with Crippen molar-refractivity contribution in [3.8, 4) is 0 Å². The number of hydrogen-bond donors (Lipinski definition) is 2. The van der Waals surface area contributed by atoms with Crippen molar-refractivity contribution >= 4 is 23.2 Å². The molecule has 5 heteroatoms. The van der Waals surface area contributed by atoms with Crippen LogP contribution in [0.4, 0.5) is 11.4 Å². The van der Waals surface area contributed by atoms with E-state index in [0.29, 0.717) is 17.7 Å². The highest BCUT2D eigenvalue weighted by molar-refractivity contribution is 6.05. The molecule has 0 unspecified atom stereocenters. The number of rotatable bonds is 6. The quantitative estimate of drug-likeness (QED) is 0.665. The van der Waals surface area contributed by atoms with E-state index in [1.54, 1.807) is 24.3 Å². The molecular formula is C24H25N3O2. The Bertz CT molecular complexity index is 976. The molecule has 0 atom stereocenters. The molecule has 29 heavy (non-hydrogen) atoms. The van der Waals surface area contributed by atoms with Crippen LogP contribution in [0.3, 0.4) is 0 Å². The molecule has 0 saturated carbocycles. The van der Waals surface area contributed by atoms with Crippen LogP contribution in [0, 0.1) is 6.92 Å². The smallest absolute Gasteiger partial charge is 0.255 e. The van der Waals surface area contributed by atoms with Crippen LogP contribution in [0.1, 0.15) is 31.8 Å². The first-order valence-corrected chi connectivity index (χ1v) is 9.45. The molecule has 3 aromatic rings. The molecule has 0 aliphatic carbocycles. The molecular weight excluding hydrogens is 362 g/mol. The molecule has 0 aromatic heterocycles. The monoisotopic (exact) mass is 387 g/mol.